The third-order valence-corrected chi connectivity index (χ3v) is 4.40. The third kappa shape index (κ3) is 3.64. The van der Waals surface area contributed by atoms with Gasteiger partial charge in [-0.25, -0.2) is 4.79 Å². The number of nitrogen functional groups attached to an aromatic ring is 1. The van der Waals surface area contributed by atoms with Crippen LogP contribution in [0.5, 0.6) is 0 Å². The molecular weight excluding hydrogens is 309 g/mol. The van der Waals surface area contributed by atoms with Gasteiger partial charge in [0, 0.05) is 6.20 Å². The number of nitrogens with zero attached hydrogens (tertiary/aromatic N) is 2. The van der Waals surface area contributed by atoms with Gasteiger partial charge >= 0.3 is 13.3 Å². The van der Waals surface area contributed by atoms with Crippen molar-refractivity contribution in [2.45, 2.75) is 32.2 Å². The molecule has 0 saturated heterocycles. The van der Waals surface area contributed by atoms with Crippen molar-refractivity contribution in [3.8, 4) is 0 Å². The fraction of sp³-hybridized carbons (Fsp3) is 0.538. The molecule has 1 aromatic heterocycles. The lowest BCUT2D eigenvalue weighted by atomic mass is 9.95. The first-order valence-corrected chi connectivity index (χ1v) is 8.56. The summed E-state index contributed by atoms with van der Waals surface area (Å²) >= 11 is 0. The van der Waals surface area contributed by atoms with Gasteiger partial charge in [-0.2, -0.15) is 4.98 Å². The Morgan fingerprint density at radius 3 is 2.50 bits per heavy atom. The van der Waals surface area contributed by atoms with Crippen LogP contribution in [0.2, 0.25) is 0 Å². The van der Waals surface area contributed by atoms with E-state index in [9.17, 15) is 9.36 Å². The first-order chi connectivity index (χ1) is 10.1. The van der Waals surface area contributed by atoms with E-state index in [1.165, 1.54) is 10.6 Å². The van der Waals surface area contributed by atoms with Crippen molar-refractivity contribution in [3.05, 3.63) is 33.9 Å². The Balaban J connectivity index is 2.31. The second-order valence-electron chi connectivity index (χ2n) is 5.79. The minimum atomic E-state index is -4.25. The van der Waals surface area contributed by atoms with Crippen molar-refractivity contribution in [1.82, 2.24) is 9.55 Å². The van der Waals surface area contributed by atoms with Gasteiger partial charge in [0.1, 0.15) is 12.2 Å². The highest BCUT2D eigenvalue weighted by atomic mass is 31.2. The summed E-state index contributed by atoms with van der Waals surface area (Å²) in [5, 5.41) is 0. The summed E-state index contributed by atoms with van der Waals surface area (Å²) in [7, 11) is -4.25. The number of nitrogens with two attached hydrogens (primary N) is 1. The van der Waals surface area contributed by atoms with Crippen molar-refractivity contribution in [3.63, 3.8) is 0 Å². The molecule has 0 aliphatic heterocycles. The van der Waals surface area contributed by atoms with E-state index in [1.807, 2.05) is 13.8 Å². The number of rotatable bonds is 5. The molecule has 8 nitrogen and oxygen atoms in total. The van der Waals surface area contributed by atoms with Gasteiger partial charge in [-0.3, -0.25) is 9.13 Å². The summed E-state index contributed by atoms with van der Waals surface area (Å²) in [5.74, 6) is 0.131. The van der Waals surface area contributed by atoms with Crippen LogP contribution in [0.4, 0.5) is 5.82 Å². The Kier molecular flexibility index (Phi) is 4.58. The lowest BCUT2D eigenvalue weighted by Crippen LogP contribution is -2.44. The SMILES string of the molecule is CC1=C(C)CC(COCP(=O)(O)O)(n2ccc(N)nc2=O)C1. The highest BCUT2D eigenvalue weighted by molar-refractivity contribution is 7.51. The molecule has 1 aliphatic carbocycles. The molecule has 1 aliphatic rings. The summed E-state index contributed by atoms with van der Waals surface area (Å²) in [6.07, 6.45) is 2.00. The number of aromatic nitrogens is 2. The Morgan fingerprint density at radius 1 is 1.41 bits per heavy atom. The minimum Gasteiger partial charge on any atom is -0.383 e. The average molecular weight is 329 g/mol. The second-order valence-corrected chi connectivity index (χ2v) is 7.37. The average Bonchev–Trinajstić information content (AvgIpc) is 2.63. The molecule has 0 radical (unpaired) electrons. The monoisotopic (exact) mass is 329 g/mol. The van der Waals surface area contributed by atoms with Crippen molar-refractivity contribution in [2.24, 2.45) is 0 Å². The zero-order chi connectivity index (χ0) is 16.5. The summed E-state index contributed by atoms with van der Waals surface area (Å²) in [6, 6.07) is 1.52. The Labute approximate surface area is 127 Å². The van der Waals surface area contributed by atoms with Crippen LogP contribution in [0.25, 0.3) is 0 Å². The first kappa shape index (κ1) is 16.9. The number of ether oxygens (including phenoxy) is 1. The van der Waals surface area contributed by atoms with E-state index in [1.54, 1.807) is 6.20 Å². The highest BCUT2D eigenvalue weighted by Crippen LogP contribution is 2.41. The maximum Gasteiger partial charge on any atom is 0.350 e. The van der Waals surface area contributed by atoms with Gasteiger partial charge in [0.2, 0.25) is 0 Å². The maximum atomic E-state index is 12.1. The predicted molar refractivity (Wildman–Crippen MR) is 81.4 cm³/mol. The van der Waals surface area contributed by atoms with Gasteiger partial charge in [-0.05, 0) is 32.8 Å². The van der Waals surface area contributed by atoms with Gasteiger partial charge in [0.25, 0.3) is 0 Å². The molecule has 0 saturated carbocycles. The Hall–Kier alpha value is -1.47. The van der Waals surface area contributed by atoms with E-state index < -0.39 is 25.2 Å². The highest BCUT2D eigenvalue weighted by Gasteiger charge is 2.39. The zero-order valence-electron chi connectivity index (χ0n) is 12.5. The number of anilines is 1. The molecule has 4 N–H and O–H groups in total. The molecule has 0 fully saturated rings. The van der Waals surface area contributed by atoms with E-state index in [4.69, 9.17) is 20.3 Å². The van der Waals surface area contributed by atoms with Gasteiger partial charge in [0.15, 0.2) is 0 Å². The number of hydrogen-bond donors (Lipinski definition) is 3. The van der Waals surface area contributed by atoms with E-state index in [2.05, 4.69) is 4.98 Å². The molecule has 0 aromatic carbocycles. The molecule has 0 spiro atoms. The van der Waals surface area contributed by atoms with Crippen LogP contribution in [-0.2, 0) is 14.8 Å². The topological polar surface area (TPSA) is 128 Å². The fourth-order valence-corrected chi connectivity index (χ4v) is 3.15. The third-order valence-electron chi connectivity index (χ3n) is 3.88. The predicted octanol–water partition coefficient (Wildman–Crippen LogP) is 0.803. The lowest BCUT2D eigenvalue weighted by Gasteiger charge is -2.31. The van der Waals surface area contributed by atoms with Crippen LogP contribution < -0.4 is 11.4 Å². The molecule has 1 heterocycles. The Bertz CT molecular complexity index is 692. The summed E-state index contributed by atoms with van der Waals surface area (Å²) in [4.78, 5) is 33.7. The van der Waals surface area contributed by atoms with E-state index >= 15 is 0 Å². The van der Waals surface area contributed by atoms with Crippen molar-refractivity contribution in [2.75, 3.05) is 18.7 Å². The normalized spacial score (nSPS) is 18.0. The molecule has 2 rings (SSSR count). The molecule has 0 atom stereocenters. The summed E-state index contributed by atoms with van der Waals surface area (Å²) < 4.78 is 17.6. The van der Waals surface area contributed by atoms with Gasteiger partial charge in [0.05, 0.1) is 12.1 Å². The molecule has 0 unspecified atom stereocenters. The fourth-order valence-electron chi connectivity index (χ4n) is 2.83. The number of allylic oxidation sites excluding steroid dienone is 2. The van der Waals surface area contributed by atoms with Gasteiger partial charge in [-0.1, -0.05) is 11.1 Å². The van der Waals surface area contributed by atoms with Crippen LogP contribution in [0.3, 0.4) is 0 Å². The van der Waals surface area contributed by atoms with Crippen molar-refractivity contribution < 1.29 is 19.1 Å². The number of hydrogen-bond acceptors (Lipinski definition) is 5. The molecule has 0 bridgehead atoms. The van der Waals surface area contributed by atoms with Gasteiger partial charge in [-0.15, -0.1) is 0 Å². The van der Waals surface area contributed by atoms with Crippen LogP contribution in [0.15, 0.2) is 28.2 Å². The van der Waals surface area contributed by atoms with Gasteiger partial charge < -0.3 is 20.3 Å². The standard InChI is InChI=1S/C13H20N3O5P/c1-9-5-13(6-10(9)2,7-21-8-22(18,19)20)16-4-3-11(14)15-12(16)17/h3-4H,5-8H2,1-2H3,(H2,14,15,17)(H2,18,19,20). The molecule has 22 heavy (non-hydrogen) atoms. The summed E-state index contributed by atoms with van der Waals surface area (Å²) in [5.41, 5.74) is 6.55. The van der Waals surface area contributed by atoms with E-state index in [0.717, 1.165) is 11.1 Å². The van der Waals surface area contributed by atoms with Crippen LogP contribution >= 0.6 is 7.60 Å². The largest absolute Gasteiger partial charge is 0.383 e. The van der Waals surface area contributed by atoms with Crippen LogP contribution in [0.1, 0.15) is 26.7 Å². The van der Waals surface area contributed by atoms with Crippen molar-refractivity contribution >= 4 is 13.4 Å². The quantitative estimate of drug-likeness (QED) is 0.538. The minimum absolute atomic E-state index is 0.0122. The molecule has 0 amide bonds. The van der Waals surface area contributed by atoms with Crippen LogP contribution in [-0.4, -0.2) is 32.3 Å². The zero-order valence-corrected chi connectivity index (χ0v) is 13.4. The smallest absolute Gasteiger partial charge is 0.350 e. The molecule has 9 heteroatoms. The second kappa shape index (κ2) is 5.96. The van der Waals surface area contributed by atoms with E-state index in [-0.39, 0.29) is 12.4 Å². The molecule has 1 aromatic rings. The van der Waals surface area contributed by atoms with E-state index in [0.29, 0.717) is 12.8 Å². The van der Waals surface area contributed by atoms with Crippen LogP contribution in [0, 0.1) is 0 Å². The molecule has 122 valence electrons. The molecular formula is C13H20N3O5P. The Morgan fingerprint density at radius 2 is 2.00 bits per heavy atom. The first-order valence-electron chi connectivity index (χ1n) is 6.76. The maximum absolute atomic E-state index is 12.1. The summed E-state index contributed by atoms with van der Waals surface area (Å²) in [6.45, 7) is 3.95. The lowest BCUT2D eigenvalue weighted by molar-refractivity contribution is 0.0682. The van der Waals surface area contributed by atoms with Crippen molar-refractivity contribution in [1.29, 1.82) is 0 Å².